The molecular formula is C18H20N6O. The molecule has 0 atom stereocenters. The number of hydrogen-bond acceptors (Lipinski definition) is 7. The summed E-state index contributed by atoms with van der Waals surface area (Å²) in [4.78, 5) is 0. The molecule has 0 aliphatic carbocycles. The van der Waals surface area contributed by atoms with Gasteiger partial charge in [0.1, 0.15) is 11.5 Å². The average Bonchev–Trinajstić information content (AvgIpc) is 3.24. The minimum atomic E-state index is 0.779. The highest BCUT2D eigenvalue weighted by atomic mass is 16.5. The maximum Gasteiger partial charge on any atom is 0.129 e. The molecule has 0 saturated carbocycles. The summed E-state index contributed by atoms with van der Waals surface area (Å²) in [7, 11) is 3.89. The normalized spacial score (nSPS) is 16.2. The van der Waals surface area contributed by atoms with Gasteiger partial charge < -0.3 is 4.74 Å². The first-order chi connectivity index (χ1) is 12.2. The average molecular weight is 336 g/mol. The molecule has 2 aromatic rings. The van der Waals surface area contributed by atoms with Gasteiger partial charge in [0, 0.05) is 51.0 Å². The number of hydrogen-bond donors (Lipinski definition) is 2. The Kier molecular flexibility index (Phi) is 3.93. The van der Waals surface area contributed by atoms with Crippen LogP contribution in [-0.2, 0) is 0 Å². The zero-order chi connectivity index (χ0) is 17.2. The van der Waals surface area contributed by atoms with E-state index in [1.807, 2.05) is 107 Å². The molecule has 0 bridgehead atoms. The lowest BCUT2D eigenvalue weighted by Crippen LogP contribution is -2.36. The Balaban J connectivity index is 1.51. The van der Waals surface area contributed by atoms with Crippen molar-refractivity contribution in [2.75, 3.05) is 24.1 Å². The second-order valence-electron chi connectivity index (χ2n) is 5.85. The van der Waals surface area contributed by atoms with Crippen LogP contribution in [0.25, 0.3) is 0 Å². The third-order valence-corrected chi connectivity index (χ3v) is 3.84. The van der Waals surface area contributed by atoms with Crippen LogP contribution >= 0.6 is 0 Å². The van der Waals surface area contributed by atoms with Gasteiger partial charge in [0.2, 0.25) is 0 Å². The van der Waals surface area contributed by atoms with Crippen molar-refractivity contribution in [2.24, 2.45) is 0 Å². The van der Waals surface area contributed by atoms with Crippen LogP contribution in [-0.4, -0.2) is 24.1 Å². The summed E-state index contributed by atoms with van der Waals surface area (Å²) in [6.45, 7) is 0. The van der Waals surface area contributed by atoms with Gasteiger partial charge in [-0.05, 0) is 24.3 Å². The Morgan fingerprint density at radius 1 is 0.680 bits per heavy atom. The number of anilines is 2. The van der Waals surface area contributed by atoms with Crippen LogP contribution in [0.15, 0.2) is 73.3 Å². The van der Waals surface area contributed by atoms with E-state index >= 15 is 0 Å². The SMILES string of the molecule is CN1C=CN(c2cccc(Oc3cccc(N4C=CN(C)N4)c3)c2)N1. The van der Waals surface area contributed by atoms with Gasteiger partial charge in [-0.2, -0.15) is 0 Å². The smallest absolute Gasteiger partial charge is 0.129 e. The number of ether oxygens (including phenoxy) is 1. The zero-order valence-corrected chi connectivity index (χ0v) is 14.1. The maximum absolute atomic E-state index is 6.05. The van der Waals surface area contributed by atoms with E-state index in [0.29, 0.717) is 0 Å². The Hall–Kier alpha value is -3.16. The molecule has 7 heteroatoms. The van der Waals surface area contributed by atoms with Crippen molar-refractivity contribution in [1.29, 1.82) is 0 Å². The monoisotopic (exact) mass is 336 g/mol. The van der Waals surface area contributed by atoms with Crippen molar-refractivity contribution in [3.05, 3.63) is 73.3 Å². The van der Waals surface area contributed by atoms with Crippen LogP contribution in [0.2, 0.25) is 0 Å². The van der Waals surface area contributed by atoms with Crippen molar-refractivity contribution in [1.82, 2.24) is 21.1 Å². The molecule has 0 amide bonds. The van der Waals surface area contributed by atoms with E-state index in [-0.39, 0.29) is 0 Å². The molecule has 25 heavy (non-hydrogen) atoms. The summed E-state index contributed by atoms with van der Waals surface area (Å²) >= 11 is 0. The molecule has 4 rings (SSSR count). The van der Waals surface area contributed by atoms with E-state index in [2.05, 4.69) is 11.1 Å². The quantitative estimate of drug-likeness (QED) is 0.890. The van der Waals surface area contributed by atoms with Crippen LogP contribution in [0.4, 0.5) is 11.4 Å². The molecule has 7 nitrogen and oxygen atoms in total. The third-order valence-electron chi connectivity index (χ3n) is 3.84. The van der Waals surface area contributed by atoms with E-state index in [9.17, 15) is 0 Å². The van der Waals surface area contributed by atoms with Crippen molar-refractivity contribution in [2.45, 2.75) is 0 Å². The van der Waals surface area contributed by atoms with Gasteiger partial charge in [-0.3, -0.25) is 20.0 Å². The number of rotatable bonds is 4. The fraction of sp³-hybridized carbons (Fsp3) is 0.111. The fourth-order valence-corrected chi connectivity index (χ4v) is 2.62. The first kappa shape index (κ1) is 15.4. The van der Waals surface area contributed by atoms with Gasteiger partial charge in [0.05, 0.1) is 11.4 Å². The van der Waals surface area contributed by atoms with Crippen LogP contribution in [0, 0.1) is 0 Å². The van der Waals surface area contributed by atoms with Crippen molar-refractivity contribution < 1.29 is 4.74 Å². The van der Waals surface area contributed by atoms with E-state index in [0.717, 1.165) is 22.9 Å². The zero-order valence-electron chi connectivity index (χ0n) is 14.1. The summed E-state index contributed by atoms with van der Waals surface area (Å²) in [5.74, 6) is 1.56. The summed E-state index contributed by atoms with van der Waals surface area (Å²) < 4.78 is 6.05. The van der Waals surface area contributed by atoms with Gasteiger partial charge in [0.25, 0.3) is 0 Å². The molecule has 128 valence electrons. The highest BCUT2D eigenvalue weighted by Gasteiger charge is 2.12. The largest absolute Gasteiger partial charge is 0.457 e. The lowest BCUT2D eigenvalue weighted by molar-refractivity contribution is 0.358. The Morgan fingerprint density at radius 2 is 1.16 bits per heavy atom. The third kappa shape index (κ3) is 3.37. The predicted molar refractivity (Wildman–Crippen MR) is 98.0 cm³/mol. The van der Waals surface area contributed by atoms with Gasteiger partial charge in [-0.25, -0.2) is 0 Å². The van der Waals surface area contributed by atoms with E-state index in [4.69, 9.17) is 4.74 Å². The van der Waals surface area contributed by atoms with Gasteiger partial charge in [-0.15, -0.1) is 11.1 Å². The molecule has 0 aromatic heterocycles. The Morgan fingerprint density at radius 3 is 1.56 bits per heavy atom. The predicted octanol–water partition coefficient (Wildman–Crippen LogP) is 2.76. The van der Waals surface area contributed by atoms with Crippen LogP contribution < -0.4 is 25.8 Å². The maximum atomic E-state index is 6.05. The van der Waals surface area contributed by atoms with Crippen molar-refractivity contribution >= 4 is 11.4 Å². The molecule has 2 aliphatic heterocycles. The Labute approximate surface area is 146 Å². The van der Waals surface area contributed by atoms with E-state index < -0.39 is 0 Å². The number of nitrogens with zero attached hydrogens (tertiary/aromatic N) is 4. The van der Waals surface area contributed by atoms with E-state index in [1.165, 1.54) is 0 Å². The van der Waals surface area contributed by atoms with Crippen molar-refractivity contribution in [3.63, 3.8) is 0 Å². The summed E-state index contributed by atoms with van der Waals surface area (Å²) in [6, 6.07) is 15.9. The summed E-state index contributed by atoms with van der Waals surface area (Å²) in [5, 5.41) is 7.62. The van der Waals surface area contributed by atoms with Gasteiger partial charge >= 0.3 is 0 Å². The number of benzene rings is 2. The first-order valence-electron chi connectivity index (χ1n) is 7.99. The minimum Gasteiger partial charge on any atom is -0.457 e. The highest BCUT2D eigenvalue weighted by molar-refractivity contribution is 5.55. The molecule has 0 unspecified atom stereocenters. The number of hydrazine groups is 4. The molecule has 2 aliphatic rings. The minimum absolute atomic E-state index is 0.779. The highest BCUT2D eigenvalue weighted by Crippen LogP contribution is 2.29. The molecule has 0 radical (unpaired) electrons. The molecule has 0 fully saturated rings. The van der Waals surface area contributed by atoms with Crippen molar-refractivity contribution in [3.8, 4) is 11.5 Å². The molecule has 2 aromatic carbocycles. The first-order valence-corrected chi connectivity index (χ1v) is 7.99. The van der Waals surface area contributed by atoms with Gasteiger partial charge in [0.15, 0.2) is 0 Å². The second kappa shape index (κ2) is 6.39. The Bertz CT molecular complexity index is 753. The fourth-order valence-electron chi connectivity index (χ4n) is 2.62. The summed E-state index contributed by atoms with van der Waals surface area (Å²) in [5.41, 5.74) is 8.37. The standard InChI is InChI=1S/C18H20N6O/c1-21-9-11-23(19-21)15-5-3-7-17(13-15)25-18-8-4-6-16(14-18)24-12-10-22(2)20-24/h3-14,19-20H,1-2H3. The van der Waals surface area contributed by atoms with Crippen LogP contribution in [0.1, 0.15) is 0 Å². The lowest BCUT2D eigenvalue weighted by Gasteiger charge is -2.21. The molecule has 0 saturated heterocycles. The molecule has 0 spiro atoms. The van der Waals surface area contributed by atoms with Gasteiger partial charge in [-0.1, -0.05) is 12.1 Å². The molecule has 2 heterocycles. The molecule has 2 N–H and O–H groups in total. The number of nitrogens with one attached hydrogen (secondary N) is 2. The van der Waals surface area contributed by atoms with E-state index in [1.54, 1.807) is 0 Å². The van der Waals surface area contributed by atoms with Crippen LogP contribution in [0.5, 0.6) is 11.5 Å². The topological polar surface area (TPSA) is 46.3 Å². The molecular weight excluding hydrogens is 316 g/mol. The lowest BCUT2D eigenvalue weighted by atomic mass is 10.2. The summed E-state index contributed by atoms with van der Waals surface area (Å²) in [6.07, 6.45) is 7.82. The second-order valence-corrected chi connectivity index (χ2v) is 5.85. The van der Waals surface area contributed by atoms with Crippen LogP contribution in [0.3, 0.4) is 0 Å².